The number of ether oxygens (including phenoxy) is 4. The van der Waals surface area contributed by atoms with Gasteiger partial charge in [0.05, 0.1) is 43.5 Å². The molecule has 0 saturated carbocycles. The number of hydrogen-bond donors (Lipinski definition) is 0. The van der Waals surface area contributed by atoms with E-state index in [-0.39, 0.29) is 56.0 Å². The summed E-state index contributed by atoms with van der Waals surface area (Å²) in [6, 6.07) is 12.1. The average Bonchev–Trinajstić information content (AvgIpc) is 2.67. The first-order chi connectivity index (χ1) is 15.2. The van der Waals surface area contributed by atoms with Crippen molar-refractivity contribution in [3.8, 4) is 0 Å². The van der Waals surface area contributed by atoms with Gasteiger partial charge in [-0.25, -0.2) is 0 Å². The first-order valence-electron chi connectivity index (χ1n) is 12.8. The van der Waals surface area contributed by atoms with Gasteiger partial charge in [-0.3, -0.25) is 0 Å². The molecule has 0 unspecified atom stereocenters. The quantitative estimate of drug-likeness (QED) is 0.180. The van der Waals surface area contributed by atoms with Crippen molar-refractivity contribution >= 4 is 29.4 Å². The van der Waals surface area contributed by atoms with Crippen LogP contribution in [0.2, 0.25) is 12.1 Å². The fourth-order valence-corrected chi connectivity index (χ4v) is 6.74. The first-order valence-corrected chi connectivity index (χ1v) is 16.3. The molecule has 0 N–H and O–H groups in total. The van der Waals surface area contributed by atoms with Crippen LogP contribution in [0, 0.1) is 0 Å². The van der Waals surface area contributed by atoms with Crippen molar-refractivity contribution in [3.63, 3.8) is 0 Å². The van der Waals surface area contributed by atoms with E-state index in [9.17, 15) is 0 Å². The van der Waals surface area contributed by atoms with Crippen molar-refractivity contribution < 1.29 is 18.9 Å². The predicted octanol–water partition coefficient (Wildman–Crippen LogP) is 4.02. The summed E-state index contributed by atoms with van der Waals surface area (Å²) in [5, 5.41) is 3.15. The fraction of sp³-hybridized carbons (Fsp3) is 0.769. The minimum Gasteiger partial charge on any atom is -0.350 e. The Morgan fingerprint density at radius 1 is 0.531 bits per heavy atom. The predicted molar refractivity (Wildman–Crippen MR) is 143 cm³/mol. The van der Waals surface area contributed by atoms with Gasteiger partial charge in [0.15, 0.2) is 12.6 Å². The van der Waals surface area contributed by atoms with Crippen LogP contribution >= 0.6 is 0 Å². The largest absolute Gasteiger partial charge is 0.350 e. The molecule has 0 saturated heterocycles. The van der Waals surface area contributed by atoms with Gasteiger partial charge in [-0.15, -0.1) is 0 Å². The number of hydrogen-bond acceptors (Lipinski definition) is 4. The molecule has 1 aromatic carbocycles. The van der Waals surface area contributed by atoms with Crippen molar-refractivity contribution in [1.29, 1.82) is 0 Å². The molecule has 1 rings (SSSR count). The Labute approximate surface area is 202 Å². The van der Waals surface area contributed by atoms with Gasteiger partial charge in [0, 0.05) is 0 Å². The molecule has 0 atom stereocenters. The van der Waals surface area contributed by atoms with Crippen LogP contribution in [-0.4, -0.2) is 56.0 Å². The standard InChI is InChI=1S/C26H50O4Si2/c1-19(2)27-25(28-20(3)4)11-9-17-31-23-13-15-24(16-14-23)32-18-10-12-26(29-21(5)6)30-22(7)8/h13-16,19-22,25-26H,9-12,17-18,31-32H2,1-8H3. The van der Waals surface area contributed by atoms with Crippen molar-refractivity contribution in [1.82, 2.24) is 0 Å². The number of benzene rings is 1. The number of rotatable bonds is 18. The Kier molecular flexibility index (Phi) is 15.7. The summed E-state index contributed by atoms with van der Waals surface area (Å²) in [5.41, 5.74) is 0. The minimum absolute atomic E-state index is 0.0613. The van der Waals surface area contributed by atoms with Crippen LogP contribution in [0.5, 0.6) is 0 Å². The molecular weight excluding hydrogens is 432 g/mol. The normalized spacial score (nSPS) is 13.2. The highest BCUT2D eigenvalue weighted by Gasteiger charge is 2.14. The van der Waals surface area contributed by atoms with Gasteiger partial charge in [0.25, 0.3) is 0 Å². The molecule has 186 valence electrons. The Morgan fingerprint density at radius 3 is 1.06 bits per heavy atom. The molecule has 0 aliphatic heterocycles. The lowest BCUT2D eigenvalue weighted by Gasteiger charge is -2.23. The highest BCUT2D eigenvalue weighted by Crippen LogP contribution is 2.13. The lowest BCUT2D eigenvalue weighted by atomic mass is 10.3. The fourth-order valence-electron chi connectivity index (χ4n) is 3.70. The maximum atomic E-state index is 5.91. The molecule has 0 spiro atoms. The van der Waals surface area contributed by atoms with E-state index in [1.54, 1.807) is 10.4 Å². The topological polar surface area (TPSA) is 36.9 Å². The maximum absolute atomic E-state index is 5.91. The summed E-state index contributed by atoms with van der Waals surface area (Å²) < 4.78 is 23.6. The zero-order chi connectivity index (χ0) is 23.9. The molecule has 0 heterocycles. The minimum atomic E-state index is -0.210. The summed E-state index contributed by atoms with van der Waals surface area (Å²) >= 11 is 0. The highest BCUT2D eigenvalue weighted by molar-refractivity contribution is 6.55. The lowest BCUT2D eigenvalue weighted by Crippen LogP contribution is -2.25. The summed E-state index contributed by atoms with van der Waals surface area (Å²) in [6.45, 7) is 16.6. The molecular formula is C26H50O4Si2. The van der Waals surface area contributed by atoms with Gasteiger partial charge in [0.2, 0.25) is 0 Å². The van der Waals surface area contributed by atoms with E-state index in [2.05, 4.69) is 79.7 Å². The lowest BCUT2D eigenvalue weighted by molar-refractivity contribution is -0.184. The van der Waals surface area contributed by atoms with Crippen molar-refractivity contribution in [2.75, 3.05) is 0 Å². The van der Waals surface area contributed by atoms with Gasteiger partial charge in [-0.2, -0.15) is 0 Å². The Hall–Kier alpha value is -0.506. The second-order valence-corrected chi connectivity index (χ2v) is 14.0. The van der Waals surface area contributed by atoms with E-state index < -0.39 is 0 Å². The molecule has 0 aliphatic carbocycles. The third kappa shape index (κ3) is 15.4. The van der Waals surface area contributed by atoms with Crippen LogP contribution in [0.3, 0.4) is 0 Å². The van der Waals surface area contributed by atoms with E-state index in [1.165, 1.54) is 24.9 Å². The molecule has 4 nitrogen and oxygen atoms in total. The van der Waals surface area contributed by atoms with Crippen LogP contribution in [0.1, 0.15) is 81.1 Å². The molecule has 32 heavy (non-hydrogen) atoms. The summed E-state index contributed by atoms with van der Waals surface area (Å²) in [4.78, 5) is 0. The second kappa shape index (κ2) is 17.0. The first kappa shape index (κ1) is 29.5. The van der Waals surface area contributed by atoms with Crippen LogP contribution < -0.4 is 10.4 Å². The van der Waals surface area contributed by atoms with Gasteiger partial charge < -0.3 is 18.9 Å². The summed E-state index contributed by atoms with van der Waals surface area (Å²) in [5.74, 6) is 0. The van der Waals surface area contributed by atoms with Gasteiger partial charge in [-0.05, 0) is 68.2 Å². The van der Waals surface area contributed by atoms with Crippen LogP contribution in [0.25, 0.3) is 0 Å². The van der Waals surface area contributed by atoms with Crippen LogP contribution in [0.4, 0.5) is 0 Å². The molecule has 0 amide bonds. The molecule has 0 fully saturated rings. The molecule has 0 aromatic heterocycles. The highest BCUT2D eigenvalue weighted by atomic mass is 28.2. The van der Waals surface area contributed by atoms with E-state index in [1.807, 2.05) is 0 Å². The molecule has 6 heteroatoms. The zero-order valence-electron chi connectivity index (χ0n) is 22.1. The van der Waals surface area contributed by atoms with Crippen LogP contribution in [-0.2, 0) is 18.9 Å². The van der Waals surface area contributed by atoms with Crippen molar-refractivity contribution in [2.24, 2.45) is 0 Å². The van der Waals surface area contributed by atoms with E-state index in [4.69, 9.17) is 18.9 Å². The monoisotopic (exact) mass is 482 g/mol. The Bertz CT molecular complexity index is 505. The maximum Gasteiger partial charge on any atom is 0.158 e. The van der Waals surface area contributed by atoms with Crippen molar-refractivity contribution in [3.05, 3.63) is 24.3 Å². The Balaban J connectivity index is 2.29. The third-order valence-corrected chi connectivity index (χ3v) is 8.83. The van der Waals surface area contributed by atoms with Crippen molar-refractivity contribution in [2.45, 2.75) is 130 Å². The van der Waals surface area contributed by atoms with Crippen LogP contribution in [0.15, 0.2) is 24.3 Å². The summed E-state index contributed by atoms with van der Waals surface area (Å²) in [7, 11) is -0.419. The van der Waals surface area contributed by atoms with E-state index in [0.717, 1.165) is 12.8 Å². The Morgan fingerprint density at radius 2 is 0.812 bits per heavy atom. The van der Waals surface area contributed by atoms with E-state index >= 15 is 0 Å². The second-order valence-electron chi connectivity index (χ2n) is 9.91. The molecule has 0 aliphatic rings. The molecule has 0 radical (unpaired) electrons. The van der Waals surface area contributed by atoms with Gasteiger partial charge in [0.1, 0.15) is 0 Å². The van der Waals surface area contributed by atoms with Gasteiger partial charge >= 0.3 is 0 Å². The average molecular weight is 483 g/mol. The molecule has 0 bridgehead atoms. The molecule has 1 aromatic rings. The van der Waals surface area contributed by atoms with Gasteiger partial charge in [-0.1, -0.05) is 59.6 Å². The SMILES string of the molecule is CC(C)OC(CCC[SiH2]c1ccc([SiH2]CCCC(OC(C)C)OC(C)C)cc1)OC(C)C. The smallest absolute Gasteiger partial charge is 0.158 e. The summed E-state index contributed by atoms with van der Waals surface area (Å²) in [6.07, 6.45) is 5.09. The van der Waals surface area contributed by atoms with E-state index in [0.29, 0.717) is 0 Å². The zero-order valence-corrected chi connectivity index (χ0v) is 24.9. The third-order valence-electron chi connectivity index (χ3n) is 5.03.